The van der Waals surface area contributed by atoms with E-state index in [1.807, 2.05) is 0 Å². The second-order valence-corrected chi connectivity index (χ2v) is 4.45. The van der Waals surface area contributed by atoms with E-state index in [-0.39, 0.29) is 6.54 Å². The van der Waals surface area contributed by atoms with Crippen LogP contribution in [0.1, 0.15) is 6.92 Å². The molecule has 84 valence electrons. The van der Waals surface area contributed by atoms with Crippen LogP contribution in [0.4, 0.5) is 13.2 Å². The lowest BCUT2D eigenvalue weighted by Crippen LogP contribution is -2.44. The summed E-state index contributed by atoms with van der Waals surface area (Å²) in [6.45, 7) is 1.57. The van der Waals surface area contributed by atoms with Crippen molar-refractivity contribution in [3.05, 3.63) is 0 Å². The maximum atomic E-state index is 11.9. The van der Waals surface area contributed by atoms with E-state index in [0.717, 1.165) is 0 Å². The number of hydrogen-bond donors (Lipinski definition) is 2. The van der Waals surface area contributed by atoms with Crippen LogP contribution in [0, 0.1) is 0 Å². The standard InChI is InChI=1S/C5H9F3N2O3S/c1-3-9-2-4(13-3)10-14(11,12)5(6,7)8/h3-4,9-10H,2H2,1H3/t3-,4+/m0/s1. The second kappa shape index (κ2) is 3.65. The zero-order valence-electron chi connectivity index (χ0n) is 7.13. The number of sulfonamides is 1. The molecule has 1 rings (SSSR count). The molecule has 0 unspecified atom stereocenters. The first-order chi connectivity index (χ1) is 6.22. The fraction of sp³-hybridized carbons (Fsp3) is 1.00. The molecule has 1 saturated heterocycles. The Morgan fingerprint density at radius 1 is 1.50 bits per heavy atom. The van der Waals surface area contributed by atoms with Crippen LogP contribution in [0.5, 0.6) is 0 Å². The second-order valence-electron chi connectivity index (χ2n) is 2.74. The van der Waals surface area contributed by atoms with Crippen LogP contribution in [-0.2, 0) is 14.8 Å². The average molecular weight is 234 g/mol. The normalized spacial score (nSPS) is 29.4. The Kier molecular flexibility index (Phi) is 3.04. The van der Waals surface area contributed by atoms with Crippen LogP contribution in [0.3, 0.4) is 0 Å². The number of nitrogens with one attached hydrogen (secondary N) is 2. The molecule has 14 heavy (non-hydrogen) atoms. The molecule has 5 nitrogen and oxygen atoms in total. The Balaban J connectivity index is 2.61. The Bertz CT molecular complexity index is 302. The van der Waals surface area contributed by atoms with Gasteiger partial charge >= 0.3 is 15.5 Å². The first-order valence-electron chi connectivity index (χ1n) is 3.70. The Hall–Kier alpha value is -0.380. The predicted octanol–water partition coefficient (Wildman–Crippen LogP) is -0.282. The van der Waals surface area contributed by atoms with Gasteiger partial charge in [0.1, 0.15) is 12.5 Å². The van der Waals surface area contributed by atoms with Gasteiger partial charge in [-0.1, -0.05) is 0 Å². The van der Waals surface area contributed by atoms with Gasteiger partial charge in [-0.15, -0.1) is 0 Å². The molecule has 0 radical (unpaired) electrons. The minimum absolute atomic E-state index is 0.0104. The number of rotatable bonds is 2. The van der Waals surface area contributed by atoms with Crippen LogP contribution in [0.2, 0.25) is 0 Å². The van der Waals surface area contributed by atoms with Gasteiger partial charge in [0.2, 0.25) is 0 Å². The molecule has 0 aromatic rings. The summed E-state index contributed by atoms with van der Waals surface area (Å²) in [6, 6.07) is 0. The molecule has 1 fully saturated rings. The molecule has 0 aromatic carbocycles. The zero-order valence-corrected chi connectivity index (χ0v) is 7.95. The van der Waals surface area contributed by atoms with Crippen LogP contribution in [-0.4, -0.2) is 32.9 Å². The lowest BCUT2D eigenvalue weighted by atomic mass is 10.6. The van der Waals surface area contributed by atoms with E-state index >= 15 is 0 Å². The van der Waals surface area contributed by atoms with Crippen molar-refractivity contribution in [1.82, 2.24) is 10.0 Å². The summed E-state index contributed by atoms with van der Waals surface area (Å²) >= 11 is 0. The molecule has 0 bridgehead atoms. The summed E-state index contributed by atoms with van der Waals surface area (Å²) in [5, 5.41) is 2.63. The number of hydrogen-bond acceptors (Lipinski definition) is 4. The topological polar surface area (TPSA) is 67.4 Å². The molecule has 2 N–H and O–H groups in total. The lowest BCUT2D eigenvalue weighted by molar-refractivity contribution is -0.0476. The van der Waals surface area contributed by atoms with Crippen LogP contribution >= 0.6 is 0 Å². The van der Waals surface area contributed by atoms with E-state index < -0.39 is 28.0 Å². The van der Waals surface area contributed by atoms with E-state index in [4.69, 9.17) is 4.74 Å². The summed E-state index contributed by atoms with van der Waals surface area (Å²) < 4.78 is 62.9. The first-order valence-corrected chi connectivity index (χ1v) is 5.18. The number of alkyl halides is 3. The Labute approximate surface area is 78.7 Å². The van der Waals surface area contributed by atoms with Gasteiger partial charge in [-0.3, -0.25) is 5.32 Å². The van der Waals surface area contributed by atoms with Crippen molar-refractivity contribution in [2.45, 2.75) is 24.9 Å². The summed E-state index contributed by atoms with van der Waals surface area (Å²) in [6.07, 6.45) is -1.63. The zero-order chi connectivity index (χ0) is 11.0. The van der Waals surface area contributed by atoms with Crippen LogP contribution < -0.4 is 10.0 Å². The van der Waals surface area contributed by atoms with Gasteiger partial charge in [0.15, 0.2) is 0 Å². The number of halogens is 3. The molecule has 1 heterocycles. The molecule has 9 heteroatoms. The molecular weight excluding hydrogens is 225 g/mol. The van der Waals surface area contributed by atoms with Crippen molar-refractivity contribution in [3.8, 4) is 0 Å². The molecule has 0 saturated carbocycles. The third-order valence-electron chi connectivity index (χ3n) is 1.55. The fourth-order valence-electron chi connectivity index (χ4n) is 0.925. The summed E-state index contributed by atoms with van der Waals surface area (Å²) in [5.41, 5.74) is -5.30. The van der Waals surface area contributed by atoms with Crippen molar-refractivity contribution >= 4 is 10.0 Å². The van der Waals surface area contributed by atoms with E-state index in [1.54, 1.807) is 6.92 Å². The molecule has 0 aliphatic carbocycles. The maximum absolute atomic E-state index is 11.9. The van der Waals surface area contributed by atoms with E-state index in [9.17, 15) is 21.6 Å². The van der Waals surface area contributed by atoms with Gasteiger partial charge in [0.05, 0.1) is 0 Å². The Morgan fingerprint density at radius 3 is 2.43 bits per heavy atom. The minimum Gasteiger partial charge on any atom is -0.343 e. The summed E-state index contributed by atoms with van der Waals surface area (Å²) in [4.78, 5) is 0. The van der Waals surface area contributed by atoms with Gasteiger partial charge in [-0.05, 0) is 6.92 Å². The molecule has 0 spiro atoms. The van der Waals surface area contributed by atoms with Crippen molar-refractivity contribution in [3.63, 3.8) is 0 Å². The molecule has 2 atom stereocenters. The minimum atomic E-state index is -5.32. The van der Waals surface area contributed by atoms with Crippen LogP contribution in [0.15, 0.2) is 0 Å². The van der Waals surface area contributed by atoms with Crippen molar-refractivity contribution < 1.29 is 26.3 Å². The Morgan fingerprint density at radius 2 is 2.07 bits per heavy atom. The highest BCUT2D eigenvalue weighted by Crippen LogP contribution is 2.22. The van der Waals surface area contributed by atoms with Gasteiger partial charge < -0.3 is 4.74 Å². The van der Waals surface area contributed by atoms with Crippen molar-refractivity contribution in [2.24, 2.45) is 0 Å². The van der Waals surface area contributed by atoms with E-state index in [1.165, 1.54) is 4.72 Å². The van der Waals surface area contributed by atoms with Gasteiger partial charge in [-0.25, -0.2) is 8.42 Å². The number of ether oxygens (including phenoxy) is 1. The highest BCUT2D eigenvalue weighted by atomic mass is 32.2. The summed E-state index contributed by atoms with van der Waals surface area (Å²) in [7, 11) is -5.32. The molecule has 1 aliphatic heterocycles. The fourth-order valence-corrected chi connectivity index (χ4v) is 1.54. The predicted molar refractivity (Wildman–Crippen MR) is 40.4 cm³/mol. The molecule has 0 amide bonds. The average Bonchev–Trinajstić information content (AvgIpc) is 2.31. The van der Waals surface area contributed by atoms with E-state index in [2.05, 4.69) is 5.32 Å². The molecular formula is C5H9F3N2O3S. The lowest BCUT2D eigenvalue weighted by Gasteiger charge is -2.13. The third kappa shape index (κ3) is 2.56. The van der Waals surface area contributed by atoms with Crippen molar-refractivity contribution in [2.75, 3.05) is 6.54 Å². The highest BCUT2D eigenvalue weighted by molar-refractivity contribution is 7.90. The van der Waals surface area contributed by atoms with Gasteiger partial charge in [0, 0.05) is 6.54 Å². The van der Waals surface area contributed by atoms with Gasteiger partial charge in [0.25, 0.3) is 0 Å². The summed E-state index contributed by atoms with van der Waals surface area (Å²) in [5.74, 6) is 0. The molecule has 0 aromatic heterocycles. The molecule has 1 aliphatic rings. The van der Waals surface area contributed by atoms with E-state index in [0.29, 0.717) is 0 Å². The maximum Gasteiger partial charge on any atom is 0.511 e. The first kappa shape index (κ1) is 11.7. The highest BCUT2D eigenvalue weighted by Gasteiger charge is 2.47. The smallest absolute Gasteiger partial charge is 0.343 e. The van der Waals surface area contributed by atoms with Crippen molar-refractivity contribution in [1.29, 1.82) is 0 Å². The van der Waals surface area contributed by atoms with Crippen LogP contribution in [0.25, 0.3) is 0 Å². The largest absolute Gasteiger partial charge is 0.511 e. The monoisotopic (exact) mass is 234 g/mol. The van der Waals surface area contributed by atoms with Gasteiger partial charge in [-0.2, -0.15) is 17.9 Å². The SMILES string of the molecule is C[C@H]1NC[C@H](NS(=O)(=O)C(F)(F)F)O1. The quantitative estimate of drug-likeness (QED) is 0.689. The third-order valence-corrected chi connectivity index (χ3v) is 2.73.